The minimum Gasteiger partial charge on any atom is -0.345 e. The topological polar surface area (TPSA) is 49.4 Å². The highest BCUT2D eigenvalue weighted by atomic mass is 79.9. The summed E-state index contributed by atoms with van der Waals surface area (Å²) < 4.78 is 0.998. The first-order valence-electron chi connectivity index (χ1n) is 6.42. The van der Waals surface area contributed by atoms with Crippen molar-refractivity contribution in [1.82, 2.24) is 5.32 Å². The lowest BCUT2D eigenvalue weighted by Gasteiger charge is -2.25. The molecular weight excluding hydrogens is 308 g/mol. The summed E-state index contributed by atoms with van der Waals surface area (Å²) in [5.74, 6) is -0.124. The second kappa shape index (κ2) is 5.74. The molecule has 1 aromatic rings. The average molecular weight is 325 g/mol. The maximum Gasteiger partial charge on any atom is 0.249 e. The number of carbonyl (C=O) groups excluding carboxylic acids is 2. The third kappa shape index (κ3) is 2.97. The molecule has 0 aliphatic carbocycles. The summed E-state index contributed by atoms with van der Waals surface area (Å²) in [6.07, 6.45) is 1.18. The summed E-state index contributed by atoms with van der Waals surface area (Å²) in [7, 11) is 0. The number of nitrogens with zero attached hydrogens (tertiary/aromatic N) is 1. The number of anilines is 1. The lowest BCUT2D eigenvalue weighted by Crippen LogP contribution is -2.43. The summed E-state index contributed by atoms with van der Waals surface area (Å²) in [5.41, 5.74) is 2.00. The van der Waals surface area contributed by atoms with Gasteiger partial charge in [-0.1, -0.05) is 22.9 Å². The standard InChI is InChI=1S/C14H17BrN2O2/c1-3-10-8-11(15)4-5-12(10)17-7-6-13(18)16-9(2)14(17)19/h4-5,8-9H,3,6-7H2,1-2H3,(H,16,18). The van der Waals surface area contributed by atoms with Crippen molar-refractivity contribution in [2.75, 3.05) is 11.4 Å². The lowest BCUT2D eigenvalue weighted by molar-refractivity contribution is -0.125. The van der Waals surface area contributed by atoms with Crippen LogP contribution in [0.5, 0.6) is 0 Å². The maximum atomic E-state index is 12.3. The van der Waals surface area contributed by atoms with E-state index in [2.05, 4.69) is 28.2 Å². The van der Waals surface area contributed by atoms with E-state index in [0.29, 0.717) is 13.0 Å². The zero-order valence-corrected chi connectivity index (χ0v) is 12.7. The van der Waals surface area contributed by atoms with Crippen LogP contribution in [0.4, 0.5) is 5.69 Å². The van der Waals surface area contributed by atoms with E-state index in [9.17, 15) is 9.59 Å². The molecule has 19 heavy (non-hydrogen) atoms. The Bertz CT molecular complexity index is 516. The zero-order chi connectivity index (χ0) is 14.0. The molecule has 2 rings (SSSR count). The highest BCUT2D eigenvalue weighted by Crippen LogP contribution is 2.26. The van der Waals surface area contributed by atoms with Crippen LogP contribution in [-0.2, 0) is 16.0 Å². The van der Waals surface area contributed by atoms with E-state index < -0.39 is 6.04 Å². The molecule has 1 N–H and O–H groups in total. The minimum absolute atomic E-state index is 0.0529. The molecule has 1 heterocycles. The molecular formula is C14H17BrN2O2. The Morgan fingerprint density at radius 2 is 2.16 bits per heavy atom. The number of amides is 2. The number of aryl methyl sites for hydroxylation is 1. The van der Waals surface area contributed by atoms with E-state index in [0.717, 1.165) is 22.1 Å². The van der Waals surface area contributed by atoms with Crippen LogP contribution in [0.3, 0.4) is 0 Å². The fourth-order valence-electron chi connectivity index (χ4n) is 2.27. The van der Waals surface area contributed by atoms with Crippen LogP contribution in [-0.4, -0.2) is 24.4 Å². The molecule has 0 bridgehead atoms. The molecule has 0 radical (unpaired) electrons. The number of nitrogens with one attached hydrogen (secondary N) is 1. The van der Waals surface area contributed by atoms with E-state index >= 15 is 0 Å². The van der Waals surface area contributed by atoms with Crippen molar-refractivity contribution in [2.45, 2.75) is 32.7 Å². The Labute approximate surface area is 121 Å². The molecule has 1 atom stereocenters. The van der Waals surface area contributed by atoms with Crippen molar-refractivity contribution >= 4 is 33.4 Å². The number of hydrogen-bond donors (Lipinski definition) is 1. The third-order valence-corrected chi connectivity index (χ3v) is 3.78. The number of benzene rings is 1. The molecule has 1 fully saturated rings. The van der Waals surface area contributed by atoms with Crippen LogP contribution in [0, 0.1) is 0 Å². The Morgan fingerprint density at radius 3 is 2.84 bits per heavy atom. The van der Waals surface area contributed by atoms with Crippen molar-refractivity contribution in [2.24, 2.45) is 0 Å². The summed E-state index contributed by atoms with van der Waals surface area (Å²) in [6, 6.07) is 5.41. The first kappa shape index (κ1) is 14.1. The van der Waals surface area contributed by atoms with Crippen LogP contribution >= 0.6 is 15.9 Å². The third-order valence-electron chi connectivity index (χ3n) is 3.29. The van der Waals surface area contributed by atoms with Gasteiger partial charge in [-0.15, -0.1) is 0 Å². The second-order valence-electron chi connectivity index (χ2n) is 4.66. The van der Waals surface area contributed by atoms with E-state index in [1.165, 1.54) is 0 Å². The Morgan fingerprint density at radius 1 is 1.42 bits per heavy atom. The van der Waals surface area contributed by atoms with Gasteiger partial charge in [-0.25, -0.2) is 0 Å². The van der Waals surface area contributed by atoms with Crippen molar-refractivity contribution < 1.29 is 9.59 Å². The Hall–Kier alpha value is -1.36. The molecule has 0 spiro atoms. The van der Waals surface area contributed by atoms with E-state index in [1.807, 2.05) is 18.2 Å². The van der Waals surface area contributed by atoms with Gasteiger partial charge in [0.25, 0.3) is 0 Å². The molecule has 0 saturated carbocycles. The van der Waals surface area contributed by atoms with Crippen molar-refractivity contribution in [1.29, 1.82) is 0 Å². The smallest absolute Gasteiger partial charge is 0.249 e. The van der Waals surface area contributed by atoms with Gasteiger partial charge in [-0.3, -0.25) is 9.59 Å². The molecule has 1 unspecified atom stereocenters. The quantitative estimate of drug-likeness (QED) is 0.907. The molecule has 5 heteroatoms. The average Bonchev–Trinajstić information content (AvgIpc) is 2.50. The molecule has 1 aliphatic rings. The van der Waals surface area contributed by atoms with Gasteiger partial charge >= 0.3 is 0 Å². The summed E-state index contributed by atoms with van der Waals surface area (Å²) in [6.45, 7) is 4.22. The van der Waals surface area contributed by atoms with Gasteiger partial charge in [0.05, 0.1) is 0 Å². The zero-order valence-electron chi connectivity index (χ0n) is 11.1. The van der Waals surface area contributed by atoms with E-state index in [1.54, 1.807) is 11.8 Å². The van der Waals surface area contributed by atoms with Crippen molar-refractivity contribution in [3.8, 4) is 0 Å². The van der Waals surface area contributed by atoms with Gasteiger partial charge in [0.15, 0.2) is 0 Å². The Kier molecular flexibility index (Phi) is 4.24. The van der Waals surface area contributed by atoms with Crippen molar-refractivity contribution in [3.63, 3.8) is 0 Å². The molecule has 0 aromatic heterocycles. The van der Waals surface area contributed by atoms with Crippen LogP contribution in [0.15, 0.2) is 22.7 Å². The monoisotopic (exact) mass is 324 g/mol. The first-order chi connectivity index (χ1) is 9.02. The molecule has 2 amide bonds. The normalized spacial score (nSPS) is 20.2. The van der Waals surface area contributed by atoms with Gasteiger partial charge in [0.1, 0.15) is 6.04 Å². The summed E-state index contributed by atoms with van der Waals surface area (Å²) in [5, 5.41) is 2.70. The van der Waals surface area contributed by atoms with Crippen LogP contribution in [0.2, 0.25) is 0 Å². The van der Waals surface area contributed by atoms with Gasteiger partial charge in [0, 0.05) is 23.1 Å². The predicted molar refractivity (Wildman–Crippen MR) is 78.1 cm³/mol. The molecule has 102 valence electrons. The van der Waals surface area contributed by atoms with E-state index in [-0.39, 0.29) is 11.8 Å². The highest BCUT2D eigenvalue weighted by Gasteiger charge is 2.28. The number of hydrogen-bond acceptors (Lipinski definition) is 2. The highest BCUT2D eigenvalue weighted by molar-refractivity contribution is 9.10. The van der Waals surface area contributed by atoms with Crippen LogP contribution < -0.4 is 10.2 Å². The molecule has 1 aliphatic heterocycles. The van der Waals surface area contributed by atoms with Gasteiger partial charge < -0.3 is 10.2 Å². The second-order valence-corrected chi connectivity index (χ2v) is 5.57. The number of halogens is 1. The van der Waals surface area contributed by atoms with Gasteiger partial charge in [-0.05, 0) is 37.1 Å². The summed E-state index contributed by atoms with van der Waals surface area (Å²) >= 11 is 3.44. The number of rotatable bonds is 2. The molecule has 4 nitrogen and oxygen atoms in total. The van der Waals surface area contributed by atoms with Crippen molar-refractivity contribution in [3.05, 3.63) is 28.2 Å². The van der Waals surface area contributed by atoms with Crippen LogP contribution in [0.25, 0.3) is 0 Å². The SMILES string of the molecule is CCc1cc(Br)ccc1N1CCC(=O)NC(C)C1=O. The largest absolute Gasteiger partial charge is 0.345 e. The van der Waals surface area contributed by atoms with Gasteiger partial charge in [0.2, 0.25) is 11.8 Å². The molecule has 1 aromatic carbocycles. The van der Waals surface area contributed by atoms with Gasteiger partial charge in [-0.2, -0.15) is 0 Å². The predicted octanol–water partition coefficient (Wildman–Crippen LogP) is 2.25. The first-order valence-corrected chi connectivity index (χ1v) is 7.21. The Balaban J connectivity index is 2.39. The summed E-state index contributed by atoms with van der Waals surface area (Å²) in [4.78, 5) is 25.6. The fraction of sp³-hybridized carbons (Fsp3) is 0.429. The van der Waals surface area contributed by atoms with Crippen LogP contribution in [0.1, 0.15) is 25.8 Å². The maximum absolute atomic E-state index is 12.3. The van der Waals surface area contributed by atoms with E-state index in [4.69, 9.17) is 0 Å². The molecule has 1 saturated heterocycles. The fourth-order valence-corrected chi connectivity index (χ4v) is 2.68. The lowest BCUT2D eigenvalue weighted by atomic mass is 10.1. The number of carbonyl (C=O) groups is 2. The minimum atomic E-state index is -0.469.